The van der Waals surface area contributed by atoms with Crippen LogP contribution in [0.15, 0.2) is 59.0 Å². The average molecular weight is 424 g/mol. The van der Waals surface area contributed by atoms with Gasteiger partial charge in [0.05, 0.1) is 17.8 Å². The second-order valence-corrected chi connectivity index (χ2v) is 9.07. The zero-order chi connectivity index (χ0) is 20.4. The number of thiophene rings is 2. The highest BCUT2D eigenvalue weighted by atomic mass is 32.1. The summed E-state index contributed by atoms with van der Waals surface area (Å²) in [6.45, 7) is 4.24. The standard InChI is InChI=1S/C22H21N3O2S2/c1-14-15(2)29-21-19(14)22(27)25(13-23-21)11-10-18(26)24-20(17-9-6-12-28-17)16-7-4-3-5-8-16/h3-9,12-13,20H,10-11H2,1-2H3,(H,24,26)/t20-/m0/s1. The number of amides is 1. The van der Waals surface area contributed by atoms with Crippen molar-refractivity contribution in [3.05, 3.63) is 85.4 Å². The van der Waals surface area contributed by atoms with Gasteiger partial charge in [-0.2, -0.15) is 0 Å². The van der Waals surface area contributed by atoms with Crippen molar-refractivity contribution < 1.29 is 4.79 Å². The lowest BCUT2D eigenvalue weighted by atomic mass is 10.1. The van der Waals surface area contributed by atoms with Gasteiger partial charge in [-0.15, -0.1) is 22.7 Å². The molecule has 7 heteroatoms. The van der Waals surface area contributed by atoms with Gasteiger partial charge in [0, 0.05) is 22.7 Å². The normalized spacial score (nSPS) is 12.2. The molecule has 0 saturated carbocycles. The van der Waals surface area contributed by atoms with Gasteiger partial charge in [0.25, 0.3) is 5.56 Å². The predicted octanol–water partition coefficient (Wildman–Crippen LogP) is 4.43. The van der Waals surface area contributed by atoms with Crippen molar-refractivity contribution in [3.63, 3.8) is 0 Å². The molecule has 0 unspecified atom stereocenters. The molecule has 0 bridgehead atoms. The molecule has 4 aromatic rings. The number of nitrogens with one attached hydrogen (secondary N) is 1. The number of hydrogen-bond donors (Lipinski definition) is 1. The highest BCUT2D eigenvalue weighted by molar-refractivity contribution is 7.18. The molecule has 5 nitrogen and oxygen atoms in total. The molecule has 0 aliphatic rings. The van der Waals surface area contributed by atoms with Crippen molar-refractivity contribution in [1.29, 1.82) is 0 Å². The number of carbonyl (C=O) groups is 1. The van der Waals surface area contributed by atoms with E-state index >= 15 is 0 Å². The van der Waals surface area contributed by atoms with Gasteiger partial charge >= 0.3 is 0 Å². The Kier molecular flexibility index (Phi) is 5.60. The molecule has 0 aliphatic heterocycles. The van der Waals surface area contributed by atoms with E-state index in [0.717, 1.165) is 25.7 Å². The number of rotatable bonds is 6. The quantitative estimate of drug-likeness (QED) is 0.499. The van der Waals surface area contributed by atoms with Crippen LogP contribution >= 0.6 is 22.7 Å². The molecule has 1 amide bonds. The third kappa shape index (κ3) is 4.02. The van der Waals surface area contributed by atoms with Crippen molar-refractivity contribution in [2.75, 3.05) is 0 Å². The van der Waals surface area contributed by atoms with E-state index in [1.807, 2.05) is 61.7 Å². The van der Waals surface area contributed by atoms with Crippen molar-refractivity contribution >= 4 is 38.8 Å². The van der Waals surface area contributed by atoms with E-state index in [2.05, 4.69) is 10.3 Å². The van der Waals surface area contributed by atoms with Crippen LogP contribution in [0.3, 0.4) is 0 Å². The molecule has 1 aromatic carbocycles. The first-order valence-corrected chi connectivity index (χ1v) is 11.1. The average Bonchev–Trinajstić information content (AvgIpc) is 3.35. The van der Waals surface area contributed by atoms with Crippen LogP contribution in [0.2, 0.25) is 0 Å². The second kappa shape index (κ2) is 8.31. The number of aromatic nitrogens is 2. The summed E-state index contributed by atoms with van der Waals surface area (Å²) in [5, 5.41) is 5.78. The smallest absolute Gasteiger partial charge is 0.262 e. The minimum Gasteiger partial charge on any atom is -0.344 e. The molecule has 3 heterocycles. The SMILES string of the molecule is Cc1sc2ncn(CCC(=O)N[C@@H](c3ccccc3)c3cccs3)c(=O)c2c1C. The van der Waals surface area contributed by atoms with Gasteiger partial charge in [0.1, 0.15) is 4.83 Å². The molecule has 0 radical (unpaired) electrons. The topological polar surface area (TPSA) is 64.0 Å². The molecule has 0 fully saturated rings. The Balaban J connectivity index is 1.51. The van der Waals surface area contributed by atoms with Crippen molar-refractivity contribution in [1.82, 2.24) is 14.9 Å². The Hall–Kier alpha value is -2.77. The van der Waals surface area contributed by atoms with Gasteiger partial charge in [-0.3, -0.25) is 14.2 Å². The van der Waals surface area contributed by atoms with Crippen LogP contribution in [0.1, 0.15) is 33.3 Å². The fourth-order valence-electron chi connectivity index (χ4n) is 3.30. The Labute approximate surface area is 176 Å². The molecule has 0 spiro atoms. The summed E-state index contributed by atoms with van der Waals surface area (Å²) in [6.07, 6.45) is 1.76. The summed E-state index contributed by atoms with van der Waals surface area (Å²) in [7, 11) is 0. The molecule has 1 N–H and O–H groups in total. The van der Waals surface area contributed by atoms with E-state index in [0.29, 0.717) is 11.9 Å². The maximum atomic E-state index is 12.8. The van der Waals surface area contributed by atoms with E-state index in [9.17, 15) is 9.59 Å². The molecule has 0 saturated heterocycles. The van der Waals surface area contributed by atoms with Crippen molar-refractivity contribution in [2.24, 2.45) is 0 Å². The van der Waals surface area contributed by atoms with Gasteiger partial charge in [0.2, 0.25) is 5.91 Å². The zero-order valence-corrected chi connectivity index (χ0v) is 17.8. The third-order valence-corrected chi connectivity index (χ3v) is 7.05. The lowest BCUT2D eigenvalue weighted by Crippen LogP contribution is -2.31. The second-order valence-electron chi connectivity index (χ2n) is 6.88. The number of fused-ring (bicyclic) bond motifs is 1. The molecular weight excluding hydrogens is 402 g/mol. The van der Waals surface area contributed by atoms with E-state index in [4.69, 9.17) is 0 Å². The maximum Gasteiger partial charge on any atom is 0.262 e. The Morgan fingerprint density at radius 2 is 1.97 bits per heavy atom. The van der Waals surface area contributed by atoms with E-state index in [1.165, 1.54) is 15.9 Å². The fourth-order valence-corrected chi connectivity index (χ4v) is 5.09. The number of carbonyl (C=O) groups excluding carboxylic acids is 1. The monoisotopic (exact) mass is 423 g/mol. The number of benzene rings is 1. The molecule has 1 atom stereocenters. The first-order chi connectivity index (χ1) is 14.0. The maximum absolute atomic E-state index is 12.8. The largest absolute Gasteiger partial charge is 0.344 e. The Morgan fingerprint density at radius 1 is 1.17 bits per heavy atom. The summed E-state index contributed by atoms with van der Waals surface area (Å²) in [5.41, 5.74) is 1.93. The van der Waals surface area contributed by atoms with Gasteiger partial charge in [-0.25, -0.2) is 4.98 Å². The lowest BCUT2D eigenvalue weighted by Gasteiger charge is -2.18. The van der Waals surface area contributed by atoms with Crippen LogP contribution in [-0.2, 0) is 11.3 Å². The molecule has 29 heavy (non-hydrogen) atoms. The number of aryl methyl sites for hydroxylation is 3. The fraction of sp³-hybridized carbons (Fsp3) is 0.227. The minimum atomic E-state index is -0.192. The molecule has 0 aliphatic carbocycles. The van der Waals surface area contributed by atoms with Crippen LogP contribution in [0, 0.1) is 13.8 Å². The first kappa shape index (κ1) is 19.5. The molecular formula is C22H21N3O2S2. The van der Waals surface area contributed by atoms with Crippen LogP contribution in [0.25, 0.3) is 10.2 Å². The van der Waals surface area contributed by atoms with Gasteiger partial charge in [-0.1, -0.05) is 36.4 Å². The predicted molar refractivity (Wildman–Crippen MR) is 119 cm³/mol. The lowest BCUT2D eigenvalue weighted by molar-refractivity contribution is -0.121. The molecule has 4 rings (SSSR count). The minimum absolute atomic E-state index is 0.0810. The summed E-state index contributed by atoms with van der Waals surface area (Å²) in [4.78, 5) is 32.8. The third-order valence-electron chi connectivity index (χ3n) is 5.00. The van der Waals surface area contributed by atoms with Crippen LogP contribution in [-0.4, -0.2) is 15.5 Å². The van der Waals surface area contributed by atoms with Crippen molar-refractivity contribution in [3.8, 4) is 0 Å². The number of nitrogens with zero attached hydrogens (tertiary/aromatic N) is 2. The Morgan fingerprint density at radius 3 is 2.69 bits per heavy atom. The number of hydrogen-bond acceptors (Lipinski definition) is 5. The summed E-state index contributed by atoms with van der Waals surface area (Å²) >= 11 is 3.14. The van der Waals surface area contributed by atoms with Crippen LogP contribution in [0.5, 0.6) is 0 Å². The highest BCUT2D eigenvalue weighted by Gasteiger charge is 2.18. The van der Waals surface area contributed by atoms with Crippen LogP contribution < -0.4 is 10.9 Å². The van der Waals surface area contributed by atoms with Gasteiger partial charge < -0.3 is 5.32 Å². The molecule has 3 aromatic heterocycles. The summed E-state index contributed by atoms with van der Waals surface area (Å²) < 4.78 is 1.53. The highest BCUT2D eigenvalue weighted by Crippen LogP contribution is 2.27. The van der Waals surface area contributed by atoms with E-state index in [-0.39, 0.29) is 23.9 Å². The van der Waals surface area contributed by atoms with Crippen molar-refractivity contribution in [2.45, 2.75) is 32.9 Å². The van der Waals surface area contributed by atoms with Crippen LogP contribution in [0.4, 0.5) is 0 Å². The van der Waals surface area contributed by atoms with E-state index < -0.39 is 0 Å². The van der Waals surface area contributed by atoms with E-state index in [1.54, 1.807) is 17.7 Å². The molecule has 148 valence electrons. The summed E-state index contributed by atoms with van der Waals surface area (Å²) in [5.74, 6) is -0.0996. The van der Waals surface area contributed by atoms with Gasteiger partial charge in [0.15, 0.2) is 0 Å². The first-order valence-electron chi connectivity index (χ1n) is 9.37. The van der Waals surface area contributed by atoms with Gasteiger partial charge in [-0.05, 0) is 36.4 Å². The summed E-state index contributed by atoms with van der Waals surface area (Å²) in [6, 6.07) is 13.7. The Bertz CT molecular complexity index is 1190. The zero-order valence-electron chi connectivity index (χ0n) is 16.2.